The molecule has 6 rings (SSSR count). The Morgan fingerprint density at radius 2 is 1.47 bits per heavy atom. The van der Waals surface area contributed by atoms with Gasteiger partial charge in [-0.2, -0.15) is 13.2 Å². The van der Waals surface area contributed by atoms with E-state index >= 15 is 0 Å². The van der Waals surface area contributed by atoms with Crippen LogP contribution in [0.2, 0.25) is 0 Å². The summed E-state index contributed by atoms with van der Waals surface area (Å²) in [5.74, 6) is -1.07. The maximum absolute atomic E-state index is 13.9. The van der Waals surface area contributed by atoms with E-state index in [9.17, 15) is 18.0 Å². The fourth-order valence-electron chi connectivity index (χ4n) is 4.74. The molecule has 8 heteroatoms. The summed E-state index contributed by atoms with van der Waals surface area (Å²) in [6.45, 7) is 0. The van der Waals surface area contributed by atoms with Crippen LogP contribution in [0.3, 0.4) is 0 Å². The van der Waals surface area contributed by atoms with Crippen molar-refractivity contribution in [2.45, 2.75) is 22.5 Å². The molecule has 4 aromatic rings. The normalized spacial score (nSPS) is 15.8. The number of nitrogens with one attached hydrogen (secondary N) is 2. The topological polar surface area (TPSA) is 44.4 Å². The number of hydrogen-bond donors (Lipinski definition) is 2. The molecule has 0 spiro atoms. The number of rotatable bonds is 4. The first-order valence-corrected chi connectivity index (χ1v) is 12.3. The van der Waals surface area contributed by atoms with Gasteiger partial charge in [0.15, 0.2) is 5.50 Å². The molecule has 2 N–H and O–H groups in total. The number of benzene rings is 4. The molecule has 0 aliphatic carbocycles. The van der Waals surface area contributed by atoms with E-state index in [1.807, 2.05) is 89.8 Å². The van der Waals surface area contributed by atoms with E-state index in [0.717, 1.165) is 34.6 Å². The molecule has 2 aliphatic rings. The second-order valence-corrected chi connectivity index (χ2v) is 9.71. The average molecular weight is 504 g/mol. The third kappa shape index (κ3) is 3.87. The van der Waals surface area contributed by atoms with Gasteiger partial charge in [0.25, 0.3) is 0 Å². The van der Waals surface area contributed by atoms with Crippen molar-refractivity contribution in [3.63, 3.8) is 0 Å². The summed E-state index contributed by atoms with van der Waals surface area (Å²) < 4.78 is 41.8. The van der Waals surface area contributed by atoms with Gasteiger partial charge in [-0.05, 0) is 35.4 Å². The number of hydrogen-bond acceptors (Lipinski definition) is 4. The first-order valence-electron chi connectivity index (χ1n) is 11.4. The van der Waals surface area contributed by atoms with Crippen LogP contribution in [0.1, 0.15) is 22.6 Å². The second-order valence-electron chi connectivity index (χ2n) is 8.62. The van der Waals surface area contributed by atoms with E-state index in [1.54, 1.807) is 0 Å². The van der Waals surface area contributed by atoms with Gasteiger partial charge in [-0.25, -0.2) is 0 Å². The number of para-hydroxylation sites is 2. The molecule has 180 valence electrons. The lowest BCUT2D eigenvalue weighted by molar-refractivity contribution is -0.137. The number of fused-ring (bicyclic) bond motifs is 5. The molecule has 0 radical (unpaired) electrons. The molecule has 4 aromatic carbocycles. The Labute approximate surface area is 210 Å². The third-order valence-corrected chi connectivity index (χ3v) is 7.57. The van der Waals surface area contributed by atoms with Crippen LogP contribution in [0.4, 0.5) is 35.9 Å². The van der Waals surface area contributed by atoms with Crippen molar-refractivity contribution < 1.29 is 18.0 Å². The van der Waals surface area contributed by atoms with Gasteiger partial charge in [-0.3, -0.25) is 4.79 Å². The Morgan fingerprint density at radius 3 is 2.11 bits per heavy atom. The summed E-state index contributed by atoms with van der Waals surface area (Å²) in [5, 5.41) is 6.20. The molecule has 0 aromatic heterocycles. The SMILES string of the molecule is O=C(Nc1cc(C(F)(F)F)cc2c1S[C@@H]1Nc3ccccc3N21)C(c1ccccc1)c1ccccc1. The third-order valence-electron chi connectivity index (χ3n) is 6.35. The smallest absolute Gasteiger partial charge is 0.354 e. The average Bonchev–Trinajstić information content (AvgIpc) is 3.41. The maximum atomic E-state index is 13.9. The van der Waals surface area contributed by atoms with Crippen molar-refractivity contribution in [3.05, 3.63) is 114 Å². The predicted octanol–water partition coefficient (Wildman–Crippen LogP) is 7.43. The van der Waals surface area contributed by atoms with Crippen molar-refractivity contribution in [1.29, 1.82) is 0 Å². The number of anilines is 4. The highest BCUT2D eigenvalue weighted by Crippen LogP contribution is 2.57. The molecule has 0 saturated carbocycles. The van der Waals surface area contributed by atoms with E-state index in [0.29, 0.717) is 10.6 Å². The summed E-state index contributed by atoms with van der Waals surface area (Å²) in [4.78, 5) is 16.1. The second kappa shape index (κ2) is 8.64. The lowest BCUT2D eigenvalue weighted by Gasteiger charge is -2.21. The van der Waals surface area contributed by atoms with Crippen LogP contribution in [-0.4, -0.2) is 11.4 Å². The minimum Gasteiger partial charge on any atom is -0.354 e. The number of halogens is 3. The molecule has 0 bridgehead atoms. The fraction of sp³-hybridized carbons (Fsp3) is 0.107. The van der Waals surface area contributed by atoms with Crippen molar-refractivity contribution in [2.75, 3.05) is 15.5 Å². The van der Waals surface area contributed by atoms with Gasteiger partial charge in [-0.1, -0.05) is 84.6 Å². The molecule has 1 atom stereocenters. The van der Waals surface area contributed by atoms with Crippen molar-refractivity contribution in [1.82, 2.24) is 0 Å². The highest BCUT2D eigenvalue weighted by Gasteiger charge is 2.42. The Balaban J connectivity index is 1.43. The molecular weight excluding hydrogens is 483 g/mol. The van der Waals surface area contributed by atoms with Gasteiger partial charge in [-0.15, -0.1) is 0 Å². The largest absolute Gasteiger partial charge is 0.416 e. The molecule has 0 unspecified atom stereocenters. The number of nitrogens with zero attached hydrogens (tertiary/aromatic N) is 1. The molecule has 36 heavy (non-hydrogen) atoms. The van der Waals surface area contributed by atoms with Gasteiger partial charge < -0.3 is 15.5 Å². The van der Waals surface area contributed by atoms with Gasteiger partial charge in [0.1, 0.15) is 0 Å². The number of amides is 1. The fourth-order valence-corrected chi connectivity index (χ4v) is 6.00. The lowest BCUT2D eigenvalue weighted by Crippen LogP contribution is -2.24. The highest BCUT2D eigenvalue weighted by atomic mass is 32.2. The van der Waals surface area contributed by atoms with Crippen LogP contribution in [0.25, 0.3) is 0 Å². The minimum atomic E-state index is -4.57. The Bertz CT molecular complexity index is 1400. The van der Waals surface area contributed by atoms with Crippen molar-refractivity contribution >= 4 is 40.4 Å². The number of alkyl halides is 3. The van der Waals surface area contributed by atoms with Gasteiger partial charge in [0.05, 0.1) is 39.1 Å². The zero-order valence-electron chi connectivity index (χ0n) is 18.8. The van der Waals surface area contributed by atoms with Gasteiger partial charge in [0, 0.05) is 0 Å². The van der Waals surface area contributed by atoms with Gasteiger partial charge in [0.2, 0.25) is 5.91 Å². The summed E-state index contributed by atoms with van der Waals surface area (Å²) in [5.41, 5.74) is 2.65. The molecule has 2 heterocycles. The lowest BCUT2D eigenvalue weighted by atomic mass is 9.90. The first kappa shape index (κ1) is 22.5. The number of thioether (sulfide) groups is 1. The Kier molecular flexibility index (Phi) is 5.41. The van der Waals surface area contributed by atoms with E-state index in [2.05, 4.69) is 10.6 Å². The van der Waals surface area contributed by atoms with Crippen LogP contribution >= 0.6 is 11.8 Å². The summed E-state index contributed by atoms with van der Waals surface area (Å²) in [7, 11) is 0. The van der Waals surface area contributed by atoms with Crippen LogP contribution in [0.5, 0.6) is 0 Å². The van der Waals surface area contributed by atoms with E-state index < -0.39 is 23.6 Å². The van der Waals surface area contributed by atoms with E-state index in [-0.39, 0.29) is 11.2 Å². The van der Waals surface area contributed by atoms with Crippen molar-refractivity contribution in [3.8, 4) is 0 Å². The molecule has 4 nitrogen and oxygen atoms in total. The highest BCUT2D eigenvalue weighted by molar-refractivity contribution is 8.00. The van der Waals surface area contributed by atoms with E-state index in [1.165, 1.54) is 11.8 Å². The zero-order valence-corrected chi connectivity index (χ0v) is 19.6. The maximum Gasteiger partial charge on any atom is 0.416 e. The zero-order chi connectivity index (χ0) is 24.9. The summed E-state index contributed by atoms with van der Waals surface area (Å²) in [6.07, 6.45) is -4.57. The molecule has 2 aliphatic heterocycles. The summed E-state index contributed by atoms with van der Waals surface area (Å²) in [6, 6.07) is 28.2. The Hall–Kier alpha value is -3.91. The van der Waals surface area contributed by atoms with Crippen LogP contribution < -0.4 is 15.5 Å². The monoisotopic (exact) mass is 503 g/mol. The van der Waals surface area contributed by atoms with Crippen LogP contribution in [-0.2, 0) is 11.0 Å². The molecule has 0 saturated heterocycles. The molecule has 1 amide bonds. The van der Waals surface area contributed by atoms with E-state index in [4.69, 9.17) is 0 Å². The number of carbonyl (C=O) groups is 1. The predicted molar refractivity (Wildman–Crippen MR) is 137 cm³/mol. The van der Waals surface area contributed by atoms with Gasteiger partial charge >= 0.3 is 6.18 Å². The van der Waals surface area contributed by atoms with Crippen molar-refractivity contribution in [2.24, 2.45) is 0 Å². The standard InChI is InChI=1S/C28H20F3N3OS/c29-28(30,31)19-15-21(25-23(16-19)34-22-14-8-7-13-20(22)33-27(34)36-25)32-26(35)24(17-9-3-1-4-10-17)18-11-5-2-6-12-18/h1-16,24,27,33H,(H,32,35)/t27-/m1/s1. The molecular formula is C28H20F3N3OS. The Morgan fingerprint density at radius 1 is 0.861 bits per heavy atom. The summed E-state index contributed by atoms with van der Waals surface area (Å²) >= 11 is 1.39. The number of carbonyl (C=O) groups excluding carboxylic acids is 1. The molecule has 0 fully saturated rings. The van der Waals surface area contributed by atoms with Crippen LogP contribution in [0, 0.1) is 0 Å². The quantitative estimate of drug-likeness (QED) is 0.304. The first-order chi connectivity index (χ1) is 17.4. The minimum absolute atomic E-state index is 0.153. The van der Waals surface area contributed by atoms with Crippen LogP contribution in [0.15, 0.2) is 102 Å².